The van der Waals surface area contributed by atoms with Gasteiger partial charge >= 0.3 is 0 Å². The van der Waals surface area contributed by atoms with Gasteiger partial charge in [-0.15, -0.1) is 11.3 Å². The summed E-state index contributed by atoms with van der Waals surface area (Å²) in [5, 5.41) is 1.90. The highest BCUT2D eigenvalue weighted by Gasteiger charge is 2.22. The van der Waals surface area contributed by atoms with Crippen LogP contribution in [0.4, 0.5) is 0 Å². The summed E-state index contributed by atoms with van der Waals surface area (Å²) in [7, 11) is -3.75. The van der Waals surface area contributed by atoms with Crippen molar-refractivity contribution in [1.82, 2.24) is 4.72 Å². The van der Waals surface area contributed by atoms with Crippen molar-refractivity contribution in [3.63, 3.8) is 0 Å². The highest BCUT2D eigenvalue weighted by Crippen LogP contribution is 2.28. The van der Waals surface area contributed by atoms with Crippen LogP contribution in [0.2, 0.25) is 0 Å². The number of benzene rings is 1. The lowest BCUT2D eigenvalue weighted by Gasteiger charge is -2.17. The first kappa shape index (κ1) is 17.1. The maximum absolute atomic E-state index is 12.3. The molecule has 1 atom stereocenters. The Bertz CT molecular complexity index is 743. The second kappa shape index (κ2) is 7.36. The van der Waals surface area contributed by atoms with E-state index in [1.54, 1.807) is 18.2 Å². The van der Waals surface area contributed by atoms with Crippen molar-refractivity contribution in [3.8, 4) is 0 Å². The molecule has 118 valence electrons. The van der Waals surface area contributed by atoms with Crippen molar-refractivity contribution < 1.29 is 17.9 Å². The van der Waals surface area contributed by atoms with Crippen LogP contribution in [-0.2, 0) is 26.0 Å². The number of sulfonamides is 1. The summed E-state index contributed by atoms with van der Waals surface area (Å²) in [5.74, 6) is 0. The molecule has 0 bridgehead atoms. The van der Waals surface area contributed by atoms with Gasteiger partial charge in [0.05, 0.1) is 8.68 Å². The standard InChI is InChI=1S/C14H14BrNO4S2/c1-10-11(8-21-14(10)15)7-13(20-9-17)16-22(18,19)12-5-3-2-4-6-12/h2-6,8-9,13,16H,7H2,1H3. The van der Waals surface area contributed by atoms with Crippen molar-refractivity contribution in [2.24, 2.45) is 0 Å². The smallest absolute Gasteiger partial charge is 0.294 e. The zero-order valence-corrected chi connectivity index (χ0v) is 14.9. The Morgan fingerprint density at radius 3 is 2.59 bits per heavy atom. The quantitative estimate of drug-likeness (QED) is 0.569. The van der Waals surface area contributed by atoms with Crippen LogP contribution in [0.15, 0.2) is 44.4 Å². The van der Waals surface area contributed by atoms with Gasteiger partial charge in [-0.2, -0.15) is 4.72 Å². The molecule has 1 aromatic heterocycles. The molecule has 0 aliphatic heterocycles. The highest BCUT2D eigenvalue weighted by atomic mass is 79.9. The molecule has 1 N–H and O–H groups in total. The minimum absolute atomic E-state index is 0.123. The first-order chi connectivity index (χ1) is 10.4. The zero-order valence-electron chi connectivity index (χ0n) is 11.7. The van der Waals surface area contributed by atoms with Gasteiger partial charge in [-0.05, 0) is 51.5 Å². The first-order valence-corrected chi connectivity index (χ1v) is 9.48. The Kier molecular flexibility index (Phi) is 5.74. The summed E-state index contributed by atoms with van der Waals surface area (Å²) < 4.78 is 32.8. The summed E-state index contributed by atoms with van der Waals surface area (Å²) in [6.45, 7) is 2.16. The lowest BCUT2D eigenvalue weighted by Crippen LogP contribution is -2.38. The normalized spacial score (nSPS) is 12.8. The van der Waals surface area contributed by atoms with E-state index in [0.717, 1.165) is 14.9 Å². The van der Waals surface area contributed by atoms with Crippen molar-refractivity contribution in [2.45, 2.75) is 24.5 Å². The van der Waals surface area contributed by atoms with Crippen LogP contribution in [0.1, 0.15) is 11.1 Å². The fourth-order valence-corrected chi connectivity index (χ4v) is 4.35. The molecule has 0 saturated heterocycles. The van der Waals surface area contributed by atoms with Crippen LogP contribution in [0, 0.1) is 6.92 Å². The van der Waals surface area contributed by atoms with Crippen molar-refractivity contribution in [3.05, 3.63) is 50.6 Å². The fraction of sp³-hybridized carbons (Fsp3) is 0.214. The van der Waals surface area contributed by atoms with Crippen molar-refractivity contribution >= 4 is 43.8 Å². The van der Waals surface area contributed by atoms with E-state index >= 15 is 0 Å². The molecule has 2 aromatic rings. The molecule has 0 amide bonds. The third-order valence-electron chi connectivity index (χ3n) is 3.05. The van der Waals surface area contributed by atoms with Gasteiger partial charge < -0.3 is 4.74 Å². The molecule has 8 heteroatoms. The number of ether oxygens (including phenoxy) is 1. The number of rotatable bonds is 7. The molecule has 1 aromatic carbocycles. The van der Waals surface area contributed by atoms with Gasteiger partial charge in [0.2, 0.25) is 10.0 Å². The zero-order chi connectivity index (χ0) is 16.2. The van der Waals surface area contributed by atoms with Crippen LogP contribution in [0.3, 0.4) is 0 Å². The predicted molar refractivity (Wildman–Crippen MR) is 88.2 cm³/mol. The Morgan fingerprint density at radius 2 is 2.05 bits per heavy atom. The van der Waals surface area contributed by atoms with Crippen molar-refractivity contribution in [2.75, 3.05) is 0 Å². The topological polar surface area (TPSA) is 72.5 Å². The predicted octanol–water partition coefficient (Wildman–Crippen LogP) is 2.84. The van der Waals surface area contributed by atoms with Crippen LogP contribution in [0.5, 0.6) is 0 Å². The molecule has 22 heavy (non-hydrogen) atoms. The molecular formula is C14H14BrNO4S2. The first-order valence-electron chi connectivity index (χ1n) is 6.33. The van der Waals surface area contributed by atoms with E-state index in [1.807, 2.05) is 12.3 Å². The second-order valence-electron chi connectivity index (χ2n) is 4.52. The van der Waals surface area contributed by atoms with Crippen LogP contribution >= 0.6 is 27.3 Å². The molecule has 0 fully saturated rings. The molecule has 2 rings (SSSR count). The molecule has 1 unspecified atom stereocenters. The number of hydrogen-bond donors (Lipinski definition) is 1. The van der Waals surface area contributed by atoms with E-state index < -0.39 is 16.3 Å². The summed E-state index contributed by atoms with van der Waals surface area (Å²) in [6.07, 6.45) is -0.693. The molecule has 0 spiro atoms. The van der Waals surface area contributed by atoms with E-state index in [2.05, 4.69) is 20.7 Å². The van der Waals surface area contributed by atoms with E-state index in [9.17, 15) is 13.2 Å². The fourth-order valence-electron chi connectivity index (χ4n) is 1.85. The largest absolute Gasteiger partial charge is 0.447 e. The lowest BCUT2D eigenvalue weighted by atomic mass is 10.1. The Labute approximate surface area is 141 Å². The van der Waals surface area contributed by atoms with Crippen molar-refractivity contribution in [1.29, 1.82) is 0 Å². The Morgan fingerprint density at radius 1 is 1.36 bits per heavy atom. The van der Waals surface area contributed by atoms with Gasteiger partial charge in [0.15, 0.2) is 6.23 Å². The van der Waals surface area contributed by atoms with Crippen LogP contribution in [-0.4, -0.2) is 21.1 Å². The number of nitrogens with one attached hydrogen (secondary N) is 1. The Hall–Kier alpha value is -1.22. The summed E-state index contributed by atoms with van der Waals surface area (Å²) >= 11 is 4.91. The highest BCUT2D eigenvalue weighted by molar-refractivity contribution is 9.11. The van der Waals surface area contributed by atoms with E-state index in [4.69, 9.17) is 4.74 Å². The monoisotopic (exact) mass is 403 g/mol. The van der Waals surface area contributed by atoms with E-state index in [-0.39, 0.29) is 17.8 Å². The molecule has 0 saturated carbocycles. The van der Waals surface area contributed by atoms with Crippen LogP contribution < -0.4 is 4.72 Å². The van der Waals surface area contributed by atoms with Gasteiger partial charge in [0, 0.05) is 6.42 Å². The number of thiophene rings is 1. The molecule has 0 radical (unpaired) electrons. The molecule has 0 aliphatic rings. The molecule has 5 nitrogen and oxygen atoms in total. The summed E-state index contributed by atoms with van der Waals surface area (Å²) in [5.41, 5.74) is 1.92. The van der Waals surface area contributed by atoms with Crippen LogP contribution in [0.25, 0.3) is 0 Å². The van der Waals surface area contributed by atoms with Gasteiger partial charge in [-0.1, -0.05) is 18.2 Å². The minimum atomic E-state index is -3.75. The maximum Gasteiger partial charge on any atom is 0.294 e. The molecule has 1 heterocycles. The molecule has 0 aliphatic carbocycles. The number of carbonyl (C=O) groups is 1. The Balaban J connectivity index is 2.18. The van der Waals surface area contributed by atoms with Gasteiger partial charge in [0.1, 0.15) is 0 Å². The number of hydrogen-bond acceptors (Lipinski definition) is 5. The summed E-state index contributed by atoms with van der Waals surface area (Å²) in [6, 6.07) is 7.94. The lowest BCUT2D eigenvalue weighted by molar-refractivity contribution is -0.133. The van der Waals surface area contributed by atoms with E-state index in [1.165, 1.54) is 23.5 Å². The average molecular weight is 404 g/mol. The maximum atomic E-state index is 12.3. The SMILES string of the molecule is Cc1c(CC(NS(=O)(=O)c2ccccc2)OC=O)csc1Br. The minimum Gasteiger partial charge on any atom is -0.447 e. The third-order valence-corrected chi connectivity index (χ3v) is 6.58. The van der Waals surface area contributed by atoms with E-state index in [0.29, 0.717) is 0 Å². The third kappa shape index (κ3) is 4.16. The number of carbonyl (C=O) groups excluding carboxylic acids is 1. The number of halogens is 1. The second-order valence-corrected chi connectivity index (χ2v) is 8.43. The van der Waals surface area contributed by atoms with Gasteiger partial charge in [-0.25, -0.2) is 8.42 Å². The summed E-state index contributed by atoms with van der Waals surface area (Å²) in [4.78, 5) is 10.8. The average Bonchev–Trinajstić information content (AvgIpc) is 2.80. The molecular weight excluding hydrogens is 390 g/mol. The van der Waals surface area contributed by atoms with Gasteiger partial charge in [0.25, 0.3) is 6.47 Å². The van der Waals surface area contributed by atoms with Gasteiger partial charge in [-0.3, -0.25) is 4.79 Å².